The molecular weight excluding hydrogens is 290 g/mol. The molecule has 0 bridgehead atoms. The highest BCUT2D eigenvalue weighted by Crippen LogP contribution is 2.27. The maximum Gasteiger partial charge on any atom is 0.234 e. The third-order valence-corrected chi connectivity index (χ3v) is 4.31. The number of benzene rings is 2. The number of nitrogens with one attached hydrogen (secondary N) is 1. The molecule has 1 amide bonds. The molecule has 0 aliphatic rings. The average Bonchev–Trinajstić information content (AvgIpc) is 2.48. The Bertz CT molecular complexity index is 556. The van der Waals surface area contributed by atoms with Crippen LogP contribution in [0, 0.1) is 0 Å². The molecule has 0 saturated carbocycles. The fourth-order valence-electron chi connectivity index (χ4n) is 1.75. The monoisotopic (exact) mass is 305 g/mol. The van der Waals surface area contributed by atoms with E-state index < -0.39 is 0 Å². The first kappa shape index (κ1) is 14.9. The Morgan fingerprint density at radius 2 is 1.80 bits per heavy atom. The average molecular weight is 306 g/mol. The van der Waals surface area contributed by atoms with Gasteiger partial charge in [0, 0.05) is 16.0 Å². The number of carbonyl (C=O) groups excluding carboxylic acids is 1. The molecule has 0 aliphatic heterocycles. The second kappa shape index (κ2) is 7.36. The van der Waals surface area contributed by atoms with Crippen LogP contribution in [0.3, 0.4) is 0 Å². The molecule has 0 fully saturated rings. The van der Waals surface area contributed by atoms with E-state index in [4.69, 9.17) is 11.6 Å². The predicted octanol–water partition coefficient (Wildman–Crippen LogP) is 4.77. The first-order valence-corrected chi connectivity index (χ1v) is 7.80. The molecule has 0 radical (unpaired) electrons. The lowest BCUT2D eigenvalue weighted by atomic mass is 10.2. The normalized spacial score (nSPS) is 11.9. The van der Waals surface area contributed by atoms with E-state index in [2.05, 4.69) is 24.4 Å². The molecule has 1 N–H and O–H groups in total. The summed E-state index contributed by atoms with van der Waals surface area (Å²) in [6.45, 7) is 2.11. The van der Waals surface area contributed by atoms with Crippen LogP contribution >= 0.6 is 23.4 Å². The van der Waals surface area contributed by atoms with Crippen molar-refractivity contribution in [2.45, 2.75) is 12.2 Å². The number of halogens is 1. The number of thioether (sulfide) groups is 1. The molecule has 0 aromatic heterocycles. The summed E-state index contributed by atoms with van der Waals surface area (Å²) in [5, 5.41) is 3.82. The van der Waals surface area contributed by atoms with Crippen LogP contribution in [0.25, 0.3) is 0 Å². The van der Waals surface area contributed by atoms with E-state index in [9.17, 15) is 4.79 Å². The van der Waals surface area contributed by atoms with Gasteiger partial charge in [-0.2, -0.15) is 0 Å². The number of hydrogen-bond acceptors (Lipinski definition) is 2. The zero-order valence-electron chi connectivity index (χ0n) is 11.2. The van der Waals surface area contributed by atoms with Crippen molar-refractivity contribution >= 4 is 35.0 Å². The topological polar surface area (TPSA) is 29.1 Å². The van der Waals surface area contributed by atoms with Crippen LogP contribution in [-0.4, -0.2) is 11.7 Å². The predicted molar refractivity (Wildman–Crippen MR) is 87.4 cm³/mol. The van der Waals surface area contributed by atoms with Gasteiger partial charge in [-0.15, -0.1) is 11.8 Å². The summed E-state index contributed by atoms with van der Waals surface area (Å²) in [7, 11) is 0. The summed E-state index contributed by atoms with van der Waals surface area (Å²) >= 11 is 7.42. The lowest BCUT2D eigenvalue weighted by Gasteiger charge is -2.11. The highest BCUT2D eigenvalue weighted by molar-refractivity contribution is 8.00. The fourth-order valence-corrected chi connectivity index (χ4v) is 2.70. The second-order valence-corrected chi connectivity index (χ2v) is 6.18. The Morgan fingerprint density at radius 1 is 1.15 bits per heavy atom. The first-order valence-electron chi connectivity index (χ1n) is 6.37. The van der Waals surface area contributed by atoms with Crippen molar-refractivity contribution < 1.29 is 4.79 Å². The van der Waals surface area contributed by atoms with Crippen molar-refractivity contribution in [2.75, 3.05) is 11.1 Å². The van der Waals surface area contributed by atoms with Crippen LogP contribution in [0.2, 0.25) is 5.02 Å². The van der Waals surface area contributed by atoms with Gasteiger partial charge in [0.15, 0.2) is 0 Å². The summed E-state index contributed by atoms with van der Waals surface area (Å²) < 4.78 is 0. The molecule has 20 heavy (non-hydrogen) atoms. The van der Waals surface area contributed by atoms with Gasteiger partial charge in [-0.05, 0) is 36.8 Å². The molecule has 2 nitrogen and oxygen atoms in total. The van der Waals surface area contributed by atoms with Gasteiger partial charge in [-0.1, -0.05) is 41.9 Å². The minimum Gasteiger partial charge on any atom is -0.325 e. The van der Waals surface area contributed by atoms with Gasteiger partial charge in [0.05, 0.1) is 5.75 Å². The molecule has 1 atom stereocenters. The Hall–Kier alpha value is -1.45. The van der Waals surface area contributed by atoms with Gasteiger partial charge in [0.2, 0.25) is 5.91 Å². The van der Waals surface area contributed by atoms with Gasteiger partial charge in [0.1, 0.15) is 0 Å². The molecule has 0 aliphatic carbocycles. The van der Waals surface area contributed by atoms with Gasteiger partial charge in [0.25, 0.3) is 0 Å². The van der Waals surface area contributed by atoms with Crippen molar-refractivity contribution in [1.29, 1.82) is 0 Å². The number of carbonyl (C=O) groups is 1. The summed E-state index contributed by atoms with van der Waals surface area (Å²) in [5.41, 5.74) is 2.00. The van der Waals surface area contributed by atoms with Crippen LogP contribution in [0.4, 0.5) is 5.69 Å². The van der Waals surface area contributed by atoms with E-state index in [0.29, 0.717) is 16.0 Å². The van der Waals surface area contributed by atoms with Gasteiger partial charge >= 0.3 is 0 Å². The largest absolute Gasteiger partial charge is 0.325 e. The lowest BCUT2D eigenvalue weighted by molar-refractivity contribution is -0.113. The molecule has 0 heterocycles. The standard InChI is InChI=1S/C16H16ClNOS/c1-12(13-5-3-2-4-6-13)20-11-16(19)18-15-9-7-14(17)8-10-15/h2-10,12H,11H2,1H3,(H,18,19)/t12-/m1/s1. The quantitative estimate of drug-likeness (QED) is 0.862. The lowest BCUT2D eigenvalue weighted by Crippen LogP contribution is -2.14. The minimum absolute atomic E-state index is 0.0000959. The van der Waals surface area contributed by atoms with Crippen molar-refractivity contribution in [3.8, 4) is 0 Å². The van der Waals surface area contributed by atoms with Crippen molar-refractivity contribution in [1.82, 2.24) is 0 Å². The van der Waals surface area contributed by atoms with E-state index in [1.807, 2.05) is 18.2 Å². The summed E-state index contributed by atoms with van der Waals surface area (Å²) in [4.78, 5) is 11.9. The van der Waals surface area contributed by atoms with Crippen molar-refractivity contribution in [2.24, 2.45) is 0 Å². The summed E-state index contributed by atoms with van der Waals surface area (Å²) in [6.07, 6.45) is 0. The Kier molecular flexibility index (Phi) is 5.50. The van der Waals surface area contributed by atoms with E-state index in [-0.39, 0.29) is 5.91 Å². The van der Waals surface area contributed by atoms with Crippen LogP contribution in [0.5, 0.6) is 0 Å². The second-order valence-electron chi connectivity index (χ2n) is 4.42. The minimum atomic E-state index is 0.0000959. The van der Waals surface area contributed by atoms with Gasteiger partial charge in [-0.25, -0.2) is 0 Å². The van der Waals surface area contributed by atoms with Crippen LogP contribution in [0.15, 0.2) is 54.6 Å². The highest BCUT2D eigenvalue weighted by Gasteiger charge is 2.09. The van der Waals surface area contributed by atoms with E-state index in [1.54, 1.807) is 36.0 Å². The fraction of sp³-hybridized carbons (Fsp3) is 0.188. The maximum absolute atomic E-state index is 11.9. The smallest absolute Gasteiger partial charge is 0.234 e. The molecule has 0 spiro atoms. The number of hydrogen-bond donors (Lipinski definition) is 1. The van der Waals surface area contributed by atoms with Crippen molar-refractivity contribution in [3.63, 3.8) is 0 Å². The Balaban J connectivity index is 1.82. The molecule has 2 aromatic rings. The third kappa shape index (κ3) is 4.58. The number of rotatable bonds is 5. The van der Waals surface area contributed by atoms with Crippen LogP contribution < -0.4 is 5.32 Å². The maximum atomic E-state index is 11.9. The van der Waals surface area contributed by atoms with Gasteiger partial charge < -0.3 is 5.32 Å². The highest BCUT2D eigenvalue weighted by atomic mass is 35.5. The Labute approximate surface area is 128 Å². The molecule has 104 valence electrons. The summed E-state index contributed by atoms with van der Waals surface area (Å²) in [6, 6.07) is 17.3. The zero-order valence-corrected chi connectivity index (χ0v) is 12.7. The molecule has 2 aromatic carbocycles. The summed E-state index contributed by atoms with van der Waals surface area (Å²) in [5.74, 6) is 0.429. The number of amides is 1. The molecule has 4 heteroatoms. The van der Waals surface area contributed by atoms with E-state index in [0.717, 1.165) is 5.69 Å². The van der Waals surface area contributed by atoms with Crippen LogP contribution in [-0.2, 0) is 4.79 Å². The number of anilines is 1. The zero-order chi connectivity index (χ0) is 14.4. The van der Waals surface area contributed by atoms with Crippen LogP contribution in [0.1, 0.15) is 17.7 Å². The van der Waals surface area contributed by atoms with Gasteiger partial charge in [-0.3, -0.25) is 4.79 Å². The Morgan fingerprint density at radius 3 is 2.45 bits per heavy atom. The first-order chi connectivity index (χ1) is 9.65. The van der Waals surface area contributed by atoms with E-state index >= 15 is 0 Å². The SMILES string of the molecule is C[C@@H](SCC(=O)Nc1ccc(Cl)cc1)c1ccccc1. The molecule has 2 rings (SSSR count). The molecule has 0 unspecified atom stereocenters. The van der Waals surface area contributed by atoms with E-state index in [1.165, 1.54) is 5.56 Å². The molecular formula is C16H16ClNOS. The van der Waals surface area contributed by atoms with Crippen molar-refractivity contribution in [3.05, 3.63) is 65.2 Å². The third-order valence-electron chi connectivity index (χ3n) is 2.86. The molecule has 0 saturated heterocycles.